The normalized spacial score (nSPS) is 33.1. The summed E-state index contributed by atoms with van der Waals surface area (Å²) < 4.78 is 11.0. The number of hydrogen-bond acceptors (Lipinski definition) is 4. The van der Waals surface area contributed by atoms with Crippen molar-refractivity contribution in [2.75, 3.05) is 19.8 Å². The number of amides is 2. The largest absolute Gasteiger partial charge is 0.376 e. The molecule has 0 saturated carbocycles. The highest BCUT2D eigenvalue weighted by atomic mass is 16.5. The fourth-order valence-corrected chi connectivity index (χ4v) is 3.38. The van der Waals surface area contributed by atoms with Gasteiger partial charge in [0.2, 0.25) is 11.8 Å². The number of ether oxygens (including phenoxy) is 2. The van der Waals surface area contributed by atoms with E-state index in [1.807, 2.05) is 13.8 Å². The first-order valence-electron chi connectivity index (χ1n) is 7.80. The van der Waals surface area contributed by atoms with Crippen LogP contribution in [0.1, 0.15) is 39.5 Å². The Bertz CT molecular complexity index is 382. The molecule has 0 radical (unpaired) electrons. The lowest BCUT2D eigenvalue weighted by Crippen LogP contribution is -2.55. The van der Waals surface area contributed by atoms with E-state index >= 15 is 0 Å². The van der Waals surface area contributed by atoms with Gasteiger partial charge in [0.05, 0.1) is 18.6 Å². The Labute approximate surface area is 125 Å². The van der Waals surface area contributed by atoms with E-state index in [0.717, 1.165) is 32.3 Å². The molecule has 0 bridgehead atoms. The van der Waals surface area contributed by atoms with Crippen molar-refractivity contribution in [3.8, 4) is 0 Å². The predicted octanol–water partition coefficient (Wildman–Crippen LogP) is 0.683. The molecule has 6 heteroatoms. The molecule has 21 heavy (non-hydrogen) atoms. The van der Waals surface area contributed by atoms with Crippen molar-refractivity contribution in [2.45, 2.75) is 57.7 Å². The van der Waals surface area contributed by atoms with Crippen LogP contribution in [0.25, 0.3) is 0 Å². The number of carbonyl (C=O) groups excluding carboxylic acids is 2. The average Bonchev–Trinajstić information content (AvgIpc) is 2.91. The summed E-state index contributed by atoms with van der Waals surface area (Å²) in [6.07, 6.45) is 3.72. The molecule has 4 atom stereocenters. The first-order chi connectivity index (χ1) is 10.0. The molecular weight excluding hydrogens is 272 g/mol. The Hall–Kier alpha value is -1.14. The lowest BCUT2D eigenvalue weighted by Gasteiger charge is -2.42. The molecule has 2 N–H and O–H groups in total. The molecule has 4 unspecified atom stereocenters. The van der Waals surface area contributed by atoms with Gasteiger partial charge in [-0.1, -0.05) is 0 Å². The summed E-state index contributed by atoms with van der Waals surface area (Å²) in [6, 6.07) is -0.0421. The van der Waals surface area contributed by atoms with Crippen LogP contribution in [0.2, 0.25) is 0 Å². The number of nitrogens with zero attached hydrogens (tertiary/aromatic N) is 1. The zero-order valence-corrected chi connectivity index (χ0v) is 12.9. The molecule has 0 spiro atoms. The summed E-state index contributed by atoms with van der Waals surface area (Å²) in [4.78, 5) is 25.6. The smallest absolute Gasteiger partial charge is 0.249 e. The Morgan fingerprint density at radius 3 is 2.67 bits per heavy atom. The molecule has 120 valence electrons. The summed E-state index contributed by atoms with van der Waals surface area (Å²) in [5.74, 6) is -0.658. The van der Waals surface area contributed by atoms with Gasteiger partial charge in [-0.15, -0.1) is 0 Å². The SMILES string of the molecule is CC1CCC(C(N)=O)C(C)N1C(=O)COCC1CCCO1. The summed E-state index contributed by atoms with van der Waals surface area (Å²) in [7, 11) is 0. The van der Waals surface area contributed by atoms with Gasteiger partial charge >= 0.3 is 0 Å². The minimum atomic E-state index is -0.326. The van der Waals surface area contributed by atoms with Crippen molar-refractivity contribution in [2.24, 2.45) is 11.7 Å². The number of piperidine rings is 1. The molecule has 2 aliphatic heterocycles. The van der Waals surface area contributed by atoms with Crippen LogP contribution < -0.4 is 5.73 Å². The molecule has 0 aliphatic carbocycles. The van der Waals surface area contributed by atoms with E-state index < -0.39 is 0 Å². The third kappa shape index (κ3) is 3.95. The van der Waals surface area contributed by atoms with Crippen LogP contribution in [-0.2, 0) is 19.1 Å². The van der Waals surface area contributed by atoms with E-state index in [4.69, 9.17) is 15.2 Å². The molecule has 2 rings (SSSR count). The molecule has 2 heterocycles. The van der Waals surface area contributed by atoms with Crippen molar-refractivity contribution < 1.29 is 19.1 Å². The van der Waals surface area contributed by atoms with Crippen LogP contribution in [-0.4, -0.2) is 54.7 Å². The molecule has 2 amide bonds. The van der Waals surface area contributed by atoms with Gasteiger partial charge in [0.1, 0.15) is 6.61 Å². The van der Waals surface area contributed by atoms with E-state index in [1.165, 1.54) is 0 Å². The monoisotopic (exact) mass is 298 g/mol. The fourth-order valence-electron chi connectivity index (χ4n) is 3.38. The first kappa shape index (κ1) is 16.2. The zero-order valence-electron chi connectivity index (χ0n) is 12.9. The maximum absolute atomic E-state index is 12.4. The highest BCUT2D eigenvalue weighted by molar-refractivity contribution is 5.81. The van der Waals surface area contributed by atoms with Gasteiger partial charge in [0.25, 0.3) is 0 Å². The lowest BCUT2D eigenvalue weighted by molar-refractivity contribution is -0.147. The van der Waals surface area contributed by atoms with Crippen molar-refractivity contribution in [1.82, 2.24) is 4.90 Å². The summed E-state index contributed by atoms with van der Waals surface area (Å²) >= 11 is 0. The molecule has 2 saturated heterocycles. The zero-order chi connectivity index (χ0) is 15.4. The number of hydrogen-bond donors (Lipinski definition) is 1. The van der Waals surface area contributed by atoms with Crippen molar-refractivity contribution in [3.63, 3.8) is 0 Å². The van der Waals surface area contributed by atoms with Crippen LogP contribution in [0.4, 0.5) is 0 Å². The number of primary amides is 1. The van der Waals surface area contributed by atoms with Crippen molar-refractivity contribution in [3.05, 3.63) is 0 Å². The standard InChI is InChI=1S/C15H26N2O4/c1-10-5-6-13(15(16)19)11(2)17(10)14(18)9-20-8-12-4-3-7-21-12/h10-13H,3-9H2,1-2H3,(H2,16,19). The van der Waals surface area contributed by atoms with E-state index in [0.29, 0.717) is 6.61 Å². The Morgan fingerprint density at radius 1 is 1.29 bits per heavy atom. The Morgan fingerprint density at radius 2 is 2.05 bits per heavy atom. The van der Waals surface area contributed by atoms with Crippen LogP contribution in [0.5, 0.6) is 0 Å². The highest BCUT2D eigenvalue weighted by Crippen LogP contribution is 2.28. The molecule has 0 aromatic carbocycles. The summed E-state index contributed by atoms with van der Waals surface area (Å²) in [6.45, 7) is 5.18. The quantitative estimate of drug-likeness (QED) is 0.809. The molecule has 0 aromatic heterocycles. The minimum absolute atomic E-state index is 0.0417. The average molecular weight is 298 g/mol. The number of nitrogens with two attached hydrogens (primary N) is 1. The van der Waals surface area contributed by atoms with Gasteiger partial charge < -0.3 is 20.1 Å². The first-order valence-corrected chi connectivity index (χ1v) is 7.80. The van der Waals surface area contributed by atoms with E-state index in [-0.39, 0.29) is 42.5 Å². The topological polar surface area (TPSA) is 81.9 Å². The maximum atomic E-state index is 12.4. The Balaban J connectivity index is 1.84. The van der Waals surface area contributed by atoms with Gasteiger partial charge in [0.15, 0.2) is 0 Å². The summed E-state index contributed by atoms with van der Waals surface area (Å²) in [5.41, 5.74) is 5.42. The third-order valence-electron chi connectivity index (χ3n) is 4.60. The number of carbonyl (C=O) groups is 2. The Kier molecular flexibility index (Phi) is 5.58. The van der Waals surface area contributed by atoms with Crippen molar-refractivity contribution >= 4 is 11.8 Å². The van der Waals surface area contributed by atoms with Crippen LogP contribution >= 0.6 is 0 Å². The van der Waals surface area contributed by atoms with Crippen LogP contribution in [0.3, 0.4) is 0 Å². The van der Waals surface area contributed by atoms with Crippen LogP contribution in [0, 0.1) is 5.92 Å². The van der Waals surface area contributed by atoms with E-state index in [2.05, 4.69) is 0 Å². The molecular formula is C15H26N2O4. The predicted molar refractivity (Wildman–Crippen MR) is 77.5 cm³/mol. The highest BCUT2D eigenvalue weighted by Gasteiger charge is 2.37. The molecule has 2 fully saturated rings. The molecule has 6 nitrogen and oxygen atoms in total. The second-order valence-electron chi connectivity index (χ2n) is 6.13. The van der Waals surface area contributed by atoms with Gasteiger partial charge in [-0.25, -0.2) is 0 Å². The van der Waals surface area contributed by atoms with E-state index in [9.17, 15) is 9.59 Å². The van der Waals surface area contributed by atoms with E-state index in [1.54, 1.807) is 4.90 Å². The second-order valence-corrected chi connectivity index (χ2v) is 6.13. The van der Waals surface area contributed by atoms with Gasteiger partial charge in [-0.2, -0.15) is 0 Å². The maximum Gasteiger partial charge on any atom is 0.249 e. The number of likely N-dealkylation sites (tertiary alicyclic amines) is 1. The lowest BCUT2D eigenvalue weighted by atomic mass is 9.86. The summed E-state index contributed by atoms with van der Waals surface area (Å²) in [5, 5.41) is 0. The van der Waals surface area contributed by atoms with Gasteiger partial charge in [-0.05, 0) is 39.5 Å². The second kappa shape index (κ2) is 7.22. The third-order valence-corrected chi connectivity index (χ3v) is 4.60. The fraction of sp³-hybridized carbons (Fsp3) is 0.867. The molecule has 2 aliphatic rings. The van der Waals surface area contributed by atoms with Crippen LogP contribution in [0.15, 0.2) is 0 Å². The van der Waals surface area contributed by atoms with Crippen molar-refractivity contribution in [1.29, 1.82) is 0 Å². The number of rotatable bonds is 5. The minimum Gasteiger partial charge on any atom is -0.376 e. The van der Waals surface area contributed by atoms with Gasteiger partial charge in [-0.3, -0.25) is 9.59 Å². The van der Waals surface area contributed by atoms with Gasteiger partial charge in [0, 0.05) is 18.7 Å². The molecule has 0 aromatic rings.